The van der Waals surface area contributed by atoms with Crippen LogP contribution in [0, 0.1) is 11.3 Å². The SMILES string of the molecule is Cn1c(=O)n(C2CCC(=O)NC2=O)c2ccc(CCCN3CC4(CCN(C(=O)C5CCC(n6cc(NC(=O)c7cnn8ccc(N9C[C@H]%10C[C@@H]9CO%10)nc78)c(C(F)F)n6)CC5)CC4)C3)cc21. The van der Waals surface area contributed by atoms with Crippen molar-refractivity contribution in [2.24, 2.45) is 18.4 Å². The Hall–Kier alpha value is -6.02. The minimum Gasteiger partial charge on any atom is -0.374 e. The summed E-state index contributed by atoms with van der Waals surface area (Å²) in [4.78, 5) is 76.1. The molecule has 1 aliphatic carbocycles. The van der Waals surface area contributed by atoms with Crippen LogP contribution in [0.15, 0.2) is 47.7 Å². The standard InChI is InChI=1S/C46H54F2N12O6/c1-54-36-19-27(4-9-34(36)60(45(54)65)35-10-11-38(61)52-43(35)63)3-2-15-55-25-46(26-55)13-17-56(18-14-46)44(64)28-5-7-29(8-6-28)59-23-33(39(53-59)40(47)48)50-42(62)32-21-49-58-16-12-37(51-41(32)58)57-22-31-20-30(57)24-66-31/h4,9,12,16,19,21,23,28-31,35,40H,2-3,5-8,10-11,13-15,17-18,20,22,24-26H2,1H3,(H,50,62)(H,52,61,63)/t28?,29?,30-,31-,35?/m1/s1. The van der Waals surface area contributed by atoms with E-state index in [0.717, 1.165) is 82.5 Å². The zero-order chi connectivity index (χ0) is 45.4. The molecule has 18 nitrogen and oxygen atoms in total. The molecular formula is C46H54F2N12O6. The van der Waals surface area contributed by atoms with Crippen molar-refractivity contribution in [1.29, 1.82) is 0 Å². The first-order valence-electron chi connectivity index (χ1n) is 23.4. The average Bonchev–Trinajstić information content (AvgIpc) is 4.16. The van der Waals surface area contributed by atoms with Crippen molar-refractivity contribution in [1.82, 2.24) is 48.6 Å². The molecule has 4 aromatic heterocycles. The van der Waals surface area contributed by atoms with Crippen LogP contribution in [0.4, 0.5) is 20.3 Å². The molecule has 66 heavy (non-hydrogen) atoms. The van der Waals surface area contributed by atoms with Gasteiger partial charge in [0.05, 0.1) is 47.7 Å². The predicted molar refractivity (Wildman–Crippen MR) is 236 cm³/mol. The van der Waals surface area contributed by atoms with Crippen LogP contribution in [0.1, 0.15) is 104 Å². The number of nitrogens with zero attached hydrogens (tertiary/aromatic N) is 10. The minimum atomic E-state index is -2.90. The number of imide groups is 1. The quantitative estimate of drug-likeness (QED) is 0.183. The minimum absolute atomic E-state index is 0.0537. The van der Waals surface area contributed by atoms with E-state index in [1.165, 1.54) is 26.2 Å². The number of carbonyl (C=O) groups is 4. The number of anilines is 2. The number of ether oxygens (including phenoxy) is 1. The second-order valence-electron chi connectivity index (χ2n) is 19.4. The summed E-state index contributed by atoms with van der Waals surface area (Å²) in [5, 5.41) is 13.6. The van der Waals surface area contributed by atoms with E-state index in [0.29, 0.717) is 55.7 Å². The third-order valence-electron chi connectivity index (χ3n) is 15.3. The molecule has 5 aliphatic heterocycles. The number of aromatic nitrogens is 7. The van der Waals surface area contributed by atoms with Gasteiger partial charge < -0.3 is 24.8 Å². The number of nitrogens with one attached hydrogen (secondary N) is 2. The molecule has 2 N–H and O–H groups in total. The molecule has 9 heterocycles. The highest BCUT2D eigenvalue weighted by Gasteiger charge is 2.46. The first-order valence-corrected chi connectivity index (χ1v) is 23.4. The van der Waals surface area contributed by atoms with Gasteiger partial charge in [0.2, 0.25) is 17.7 Å². The first-order chi connectivity index (χ1) is 31.9. The number of hydrogen-bond acceptors (Lipinski definition) is 11. The van der Waals surface area contributed by atoms with E-state index in [-0.39, 0.29) is 64.7 Å². The van der Waals surface area contributed by atoms with Crippen molar-refractivity contribution in [3.63, 3.8) is 0 Å². The number of halogens is 2. The van der Waals surface area contributed by atoms with Gasteiger partial charge in [0.1, 0.15) is 17.4 Å². The highest BCUT2D eigenvalue weighted by atomic mass is 19.3. The molecule has 3 atom stereocenters. The zero-order valence-electron chi connectivity index (χ0n) is 36.9. The smallest absolute Gasteiger partial charge is 0.329 e. The highest BCUT2D eigenvalue weighted by molar-refractivity contribution is 6.08. The Kier molecular flexibility index (Phi) is 10.8. The zero-order valence-corrected chi connectivity index (χ0v) is 36.9. The Balaban J connectivity index is 0.641. The molecule has 5 aromatic rings. The first kappa shape index (κ1) is 42.6. The molecule has 5 saturated heterocycles. The lowest BCUT2D eigenvalue weighted by molar-refractivity contribution is -0.142. The van der Waals surface area contributed by atoms with Gasteiger partial charge in [0.15, 0.2) is 11.3 Å². The predicted octanol–water partition coefficient (Wildman–Crippen LogP) is 4.01. The fourth-order valence-electron chi connectivity index (χ4n) is 11.6. The molecule has 6 aliphatic rings. The van der Waals surface area contributed by atoms with Crippen molar-refractivity contribution in [2.75, 3.05) is 56.1 Å². The van der Waals surface area contributed by atoms with Gasteiger partial charge in [-0.05, 0) is 99.9 Å². The highest BCUT2D eigenvalue weighted by Crippen LogP contribution is 2.42. The number of imidazole rings is 1. The van der Waals surface area contributed by atoms with Gasteiger partial charge in [-0.1, -0.05) is 6.07 Å². The Morgan fingerprint density at radius 1 is 1.02 bits per heavy atom. The van der Waals surface area contributed by atoms with Gasteiger partial charge in [0, 0.05) is 64.5 Å². The van der Waals surface area contributed by atoms with E-state index in [2.05, 4.69) is 30.6 Å². The number of hydrogen-bond donors (Lipinski definition) is 2. The number of likely N-dealkylation sites (tertiary alicyclic amines) is 2. The van der Waals surface area contributed by atoms with E-state index in [1.54, 1.807) is 17.8 Å². The second kappa shape index (κ2) is 16.7. The molecule has 348 valence electrons. The molecule has 1 unspecified atom stereocenters. The lowest BCUT2D eigenvalue weighted by Crippen LogP contribution is -2.61. The molecule has 0 radical (unpaired) electrons. The fraction of sp³-hybridized carbons (Fsp3) is 0.565. The van der Waals surface area contributed by atoms with Gasteiger partial charge >= 0.3 is 5.69 Å². The molecule has 6 fully saturated rings. The second-order valence-corrected chi connectivity index (χ2v) is 19.4. The van der Waals surface area contributed by atoms with Crippen LogP contribution in [0.25, 0.3) is 16.7 Å². The van der Waals surface area contributed by atoms with Crippen LogP contribution in [0.5, 0.6) is 0 Å². The van der Waals surface area contributed by atoms with Crippen LogP contribution in [-0.4, -0.2) is 125 Å². The average molecular weight is 909 g/mol. The van der Waals surface area contributed by atoms with E-state index in [9.17, 15) is 32.8 Å². The topological polar surface area (TPSA) is 186 Å². The number of amides is 4. The van der Waals surface area contributed by atoms with E-state index in [1.807, 2.05) is 29.2 Å². The summed E-state index contributed by atoms with van der Waals surface area (Å²) in [5.41, 5.74) is 2.50. The summed E-state index contributed by atoms with van der Waals surface area (Å²) in [6.07, 6.45) is 9.60. The van der Waals surface area contributed by atoms with E-state index >= 15 is 0 Å². The molecule has 2 bridgehead atoms. The summed E-state index contributed by atoms with van der Waals surface area (Å²) in [6, 6.07) is 7.16. The molecular weight excluding hydrogens is 855 g/mol. The Bertz CT molecular complexity index is 2790. The molecule has 11 rings (SSSR count). The number of rotatable bonds is 11. The molecule has 4 amide bonds. The van der Waals surface area contributed by atoms with Crippen molar-refractivity contribution >= 4 is 51.8 Å². The number of alkyl halides is 2. The number of piperidine rings is 2. The van der Waals surface area contributed by atoms with Crippen molar-refractivity contribution < 1.29 is 32.7 Å². The summed E-state index contributed by atoms with van der Waals surface area (Å²) >= 11 is 0. The van der Waals surface area contributed by atoms with Gasteiger partial charge in [-0.25, -0.2) is 23.1 Å². The third-order valence-corrected chi connectivity index (χ3v) is 15.3. The normalized spacial score (nSPS) is 25.4. The van der Waals surface area contributed by atoms with Crippen LogP contribution < -0.4 is 21.2 Å². The maximum atomic E-state index is 14.3. The largest absolute Gasteiger partial charge is 0.374 e. The maximum Gasteiger partial charge on any atom is 0.329 e. The van der Waals surface area contributed by atoms with Crippen molar-refractivity contribution in [3.8, 4) is 0 Å². The lowest BCUT2D eigenvalue weighted by atomic mass is 9.71. The van der Waals surface area contributed by atoms with Crippen molar-refractivity contribution in [3.05, 3.63) is 70.2 Å². The number of benzene rings is 1. The number of fused-ring (bicyclic) bond motifs is 4. The van der Waals surface area contributed by atoms with Crippen LogP contribution in [0.3, 0.4) is 0 Å². The number of aryl methyl sites for hydroxylation is 2. The molecule has 1 saturated carbocycles. The van der Waals surface area contributed by atoms with Gasteiger partial charge in [0.25, 0.3) is 12.3 Å². The summed E-state index contributed by atoms with van der Waals surface area (Å²) in [7, 11) is 1.71. The van der Waals surface area contributed by atoms with Gasteiger partial charge in [-0.2, -0.15) is 10.2 Å². The number of morpholine rings is 1. The van der Waals surface area contributed by atoms with E-state index in [4.69, 9.17) is 9.72 Å². The monoisotopic (exact) mass is 908 g/mol. The molecule has 1 aromatic carbocycles. The Labute approximate surface area is 378 Å². The van der Waals surface area contributed by atoms with Crippen LogP contribution in [-0.2, 0) is 32.6 Å². The molecule has 20 heteroatoms. The summed E-state index contributed by atoms with van der Waals surface area (Å²) in [5.74, 6) is -0.575. The maximum absolute atomic E-state index is 14.3. The van der Waals surface area contributed by atoms with Gasteiger partial charge in [-0.15, -0.1) is 0 Å². The molecule has 1 spiro atoms. The van der Waals surface area contributed by atoms with Crippen molar-refractivity contribution in [2.45, 2.75) is 101 Å². The van der Waals surface area contributed by atoms with Crippen LogP contribution >= 0.6 is 0 Å². The fourth-order valence-corrected chi connectivity index (χ4v) is 11.6. The summed E-state index contributed by atoms with van der Waals surface area (Å²) in [6.45, 7) is 5.82. The number of carbonyl (C=O) groups excluding carboxylic acids is 4. The van der Waals surface area contributed by atoms with E-state index < -0.39 is 30.0 Å². The third kappa shape index (κ3) is 7.64. The Morgan fingerprint density at radius 2 is 1.82 bits per heavy atom. The Morgan fingerprint density at radius 3 is 2.55 bits per heavy atom. The summed E-state index contributed by atoms with van der Waals surface area (Å²) < 4.78 is 40.5. The lowest BCUT2D eigenvalue weighted by Gasteiger charge is -2.54. The van der Waals surface area contributed by atoms with Gasteiger partial charge in [-0.3, -0.25) is 38.3 Å². The van der Waals surface area contributed by atoms with Crippen LogP contribution in [0.2, 0.25) is 0 Å².